The highest BCUT2D eigenvalue weighted by Gasteiger charge is 2.15. The lowest BCUT2D eigenvalue weighted by Gasteiger charge is -2.09. The van der Waals surface area contributed by atoms with Gasteiger partial charge in [0.1, 0.15) is 0 Å². The monoisotopic (exact) mass is 242 g/mol. The number of halogens is 1. The predicted molar refractivity (Wildman–Crippen MR) is 61.7 cm³/mol. The van der Waals surface area contributed by atoms with Crippen LogP contribution in [0.4, 0.5) is 0 Å². The van der Waals surface area contributed by atoms with Gasteiger partial charge in [-0.1, -0.05) is 0 Å². The van der Waals surface area contributed by atoms with Crippen molar-refractivity contribution in [3.8, 4) is 0 Å². The van der Waals surface area contributed by atoms with Crippen LogP contribution in [-0.2, 0) is 0 Å². The van der Waals surface area contributed by atoms with Crippen molar-refractivity contribution in [2.24, 2.45) is 0 Å². The SMILES string of the molecule is O=C(NCCC1CCCN1)c1ccc(Cl)o1. The Morgan fingerprint density at radius 2 is 2.50 bits per heavy atom. The van der Waals surface area contributed by atoms with Crippen molar-refractivity contribution < 1.29 is 9.21 Å². The second-order valence-corrected chi connectivity index (χ2v) is 4.31. The maximum absolute atomic E-state index is 11.5. The summed E-state index contributed by atoms with van der Waals surface area (Å²) in [4.78, 5) is 11.5. The molecule has 16 heavy (non-hydrogen) atoms. The Hall–Kier alpha value is -1.00. The number of furan rings is 1. The molecule has 1 atom stereocenters. The van der Waals surface area contributed by atoms with E-state index in [0.717, 1.165) is 13.0 Å². The fourth-order valence-corrected chi connectivity index (χ4v) is 2.03. The van der Waals surface area contributed by atoms with E-state index in [1.165, 1.54) is 12.8 Å². The lowest BCUT2D eigenvalue weighted by molar-refractivity contribution is 0.0925. The summed E-state index contributed by atoms with van der Waals surface area (Å²) in [6, 6.07) is 3.68. The molecule has 0 aromatic carbocycles. The molecule has 0 saturated carbocycles. The van der Waals surface area contributed by atoms with Crippen LogP contribution in [0, 0.1) is 0 Å². The number of amides is 1. The van der Waals surface area contributed by atoms with E-state index in [-0.39, 0.29) is 16.9 Å². The van der Waals surface area contributed by atoms with Crippen LogP contribution in [0.1, 0.15) is 29.8 Å². The number of rotatable bonds is 4. The molecule has 2 N–H and O–H groups in total. The molecule has 1 aromatic heterocycles. The molecule has 2 heterocycles. The molecular formula is C11H15ClN2O2. The van der Waals surface area contributed by atoms with Crippen molar-refractivity contribution in [2.45, 2.75) is 25.3 Å². The number of carbonyl (C=O) groups is 1. The lowest BCUT2D eigenvalue weighted by Crippen LogP contribution is -2.30. The van der Waals surface area contributed by atoms with Crippen LogP contribution >= 0.6 is 11.6 Å². The Bertz CT molecular complexity index is 359. The summed E-state index contributed by atoms with van der Waals surface area (Å²) >= 11 is 5.59. The van der Waals surface area contributed by atoms with E-state index < -0.39 is 0 Å². The van der Waals surface area contributed by atoms with E-state index in [0.29, 0.717) is 12.6 Å². The second-order valence-electron chi connectivity index (χ2n) is 3.94. The summed E-state index contributed by atoms with van der Waals surface area (Å²) in [7, 11) is 0. The van der Waals surface area contributed by atoms with E-state index in [1.807, 2.05) is 0 Å². The predicted octanol–water partition coefficient (Wildman–Crippen LogP) is 1.80. The molecular weight excluding hydrogens is 228 g/mol. The molecule has 1 aliphatic heterocycles. The van der Waals surface area contributed by atoms with Crippen molar-refractivity contribution in [2.75, 3.05) is 13.1 Å². The molecule has 0 radical (unpaired) electrons. The summed E-state index contributed by atoms with van der Waals surface area (Å²) in [5, 5.41) is 6.42. The molecule has 0 spiro atoms. The molecule has 4 nitrogen and oxygen atoms in total. The van der Waals surface area contributed by atoms with Gasteiger partial charge in [-0.05, 0) is 49.5 Å². The first-order chi connectivity index (χ1) is 7.75. The lowest BCUT2D eigenvalue weighted by atomic mass is 10.1. The van der Waals surface area contributed by atoms with E-state index in [9.17, 15) is 4.79 Å². The molecule has 1 aliphatic rings. The highest BCUT2D eigenvalue weighted by molar-refractivity contribution is 6.29. The van der Waals surface area contributed by atoms with Gasteiger partial charge in [0.25, 0.3) is 5.91 Å². The van der Waals surface area contributed by atoms with Gasteiger partial charge in [0.2, 0.25) is 0 Å². The third-order valence-corrected chi connectivity index (χ3v) is 2.94. The smallest absolute Gasteiger partial charge is 0.287 e. The van der Waals surface area contributed by atoms with Crippen molar-refractivity contribution >= 4 is 17.5 Å². The zero-order chi connectivity index (χ0) is 11.4. The van der Waals surface area contributed by atoms with Crippen molar-refractivity contribution in [3.05, 3.63) is 23.1 Å². The second kappa shape index (κ2) is 5.37. The molecule has 5 heteroatoms. The maximum atomic E-state index is 11.5. The van der Waals surface area contributed by atoms with Crippen molar-refractivity contribution in [1.29, 1.82) is 0 Å². The van der Waals surface area contributed by atoms with Crippen LogP contribution < -0.4 is 10.6 Å². The summed E-state index contributed by atoms with van der Waals surface area (Å²) in [5.41, 5.74) is 0. The Kier molecular flexibility index (Phi) is 3.85. The number of hydrogen-bond acceptors (Lipinski definition) is 3. The average molecular weight is 243 g/mol. The maximum Gasteiger partial charge on any atom is 0.287 e. The van der Waals surface area contributed by atoms with Crippen LogP contribution in [-0.4, -0.2) is 25.0 Å². The molecule has 2 rings (SSSR count). The molecule has 0 aliphatic carbocycles. The van der Waals surface area contributed by atoms with Crippen molar-refractivity contribution in [3.63, 3.8) is 0 Å². The first kappa shape index (κ1) is 11.5. The van der Waals surface area contributed by atoms with Crippen LogP contribution in [0.3, 0.4) is 0 Å². The third-order valence-electron chi connectivity index (χ3n) is 2.74. The zero-order valence-electron chi connectivity index (χ0n) is 8.96. The first-order valence-electron chi connectivity index (χ1n) is 5.52. The van der Waals surface area contributed by atoms with Crippen LogP contribution in [0.2, 0.25) is 5.22 Å². The highest BCUT2D eigenvalue weighted by atomic mass is 35.5. The fraction of sp³-hybridized carbons (Fsp3) is 0.545. The Morgan fingerprint density at radius 3 is 3.12 bits per heavy atom. The normalized spacial score (nSPS) is 19.9. The van der Waals surface area contributed by atoms with Crippen molar-refractivity contribution in [1.82, 2.24) is 10.6 Å². The largest absolute Gasteiger partial charge is 0.440 e. The molecule has 88 valence electrons. The Labute approximate surface area is 99.3 Å². The van der Waals surface area contributed by atoms with Gasteiger partial charge >= 0.3 is 0 Å². The Balaban J connectivity index is 1.71. The summed E-state index contributed by atoms with van der Waals surface area (Å²) < 4.78 is 5.01. The van der Waals surface area contributed by atoms with Gasteiger partial charge < -0.3 is 15.1 Å². The average Bonchev–Trinajstić information content (AvgIpc) is 2.89. The van der Waals surface area contributed by atoms with E-state index >= 15 is 0 Å². The molecule has 0 bridgehead atoms. The van der Waals surface area contributed by atoms with E-state index in [1.54, 1.807) is 12.1 Å². The topological polar surface area (TPSA) is 54.3 Å². The van der Waals surface area contributed by atoms with Gasteiger partial charge in [0, 0.05) is 12.6 Å². The standard InChI is InChI=1S/C11H15ClN2O2/c12-10-4-3-9(16-10)11(15)14-7-5-8-2-1-6-13-8/h3-4,8,13H,1-2,5-7H2,(H,14,15). The number of hydrogen-bond donors (Lipinski definition) is 2. The summed E-state index contributed by atoms with van der Waals surface area (Å²) in [5.74, 6) is 0.0641. The van der Waals surface area contributed by atoms with Gasteiger partial charge in [-0.15, -0.1) is 0 Å². The minimum atomic E-state index is -0.204. The van der Waals surface area contributed by atoms with Gasteiger partial charge in [-0.2, -0.15) is 0 Å². The van der Waals surface area contributed by atoms with Gasteiger partial charge in [0.15, 0.2) is 11.0 Å². The quantitative estimate of drug-likeness (QED) is 0.847. The highest BCUT2D eigenvalue weighted by Crippen LogP contribution is 2.13. The minimum absolute atomic E-state index is 0.204. The van der Waals surface area contributed by atoms with Crippen LogP contribution in [0.25, 0.3) is 0 Å². The van der Waals surface area contributed by atoms with Gasteiger partial charge in [0.05, 0.1) is 0 Å². The first-order valence-corrected chi connectivity index (χ1v) is 5.90. The van der Waals surface area contributed by atoms with E-state index in [2.05, 4.69) is 10.6 Å². The fourth-order valence-electron chi connectivity index (χ4n) is 1.89. The Morgan fingerprint density at radius 1 is 1.62 bits per heavy atom. The molecule has 1 fully saturated rings. The minimum Gasteiger partial charge on any atom is -0.440 e. The molecule has 1 aromatic rings. The molecule has 1 amide bonds. The van der Waals surface area contributed by atoms with Crippen LogP contribution in [0.5, 0.6) is 0 Å². The third kappa shape index (κ3) is 3.00. The van der Waals surface area contributed by atoms with Crippen LogP contribution in [0.15, 0.2) is 16.5 Å². The zero-order valence-corrected chi connectivity index (χ0v) is 9.72. The van der Waals surface area contributed by atoms with Gasteiger partial charge in [-0.25, -0.2) is 0 Å². The molecule has 1 unspecified atom stereocenters. The summed E-state index contributed by atoms with van der Waals surface area (Å²) in [6.07, 6.45) is 3.38. The summed E-state index contributed by atoms with van der Waals surface area (Å²) in [6.45, 7) is 1.75. The number of nitrogens with one attached hydrogen (secondary N) is 2. The number of carbonyl (C=O) groups excluding carboxylic acids is 1. The van der Waals surface area contributed by atoms with Gasteiger partial charge in [-0.3, -0.25) is 4.79 Å². The molecule has 1 saturated heterocycles. The van der Waals surface area contributed by atoms with E-state index in [4.69, 9.17) is 16.0 Å².